The van der Waals surface area contributed by atoms with E-state index in [1.807, 2.05) is 6.07 Å². The number of nitrogens with zero attached hydrogens (tertiary/aromatic N) is 1. The zero-order chi connectivity index (χ0) is 11.7. The lowest BCUT2D eigenvalue weighted by molar-refractivity contribution is 0.174. The molecule has 0 aliphatic carbocycles. The van der Waals surface area contributed by atoms with Crippen molar-refractivity contribution < 1.29 is 9.47 Å². The molecule has 1 unspecified atom stereocenters. The van der Waals surface area contributed by atoms with Crippen molar-refractivity contribution in [2.75, 3.05) is 19.9 Å². The van der Waals surface area contributed by atoms with Gasteiger partial charge in [0.15, 0.2) is 11.5 Å². The van der Waals surface area contributed by atoms with Gasteiger partial charge in [-0.2, -0.15) is 0 Å². The van der Waals surface area contributed by atoms with E-state index in [2.05, 4.69) is 23.0 Å². The first-order valence-electron chi connectivity index (χ1n) is 5.95. The first-order valence-corrected chi connectivity index (χ1v) is 5.95. The van der Waals surface area contributed by atoms with Gasteiger partial charge >= 0.3 is 0 Å². The van der Waals surface area contributed by atoms with Crippen LogP contribution in [-0.4, -0.2) is 24.8 Å². The minimum Gasteiger partial charge on any atom is -0.454 e. The molecule has 3 nitrogen and oxygen atoms in total. The van der Waals surface area contributed by atoms with Gasteiger partial charge in [-0.15, -0.1) is 6.42 Å². The fraction of sp³-hybridized carbons (Fsp3) is 0.429. The van der Waals surface area contributed by atoms with E-state index in [0.29, 0.717) is 12.8 Å². The Labute approximate surface area is 101 Å². The first-order chi connectivity index (χ1) is 8.38. The molecule has 0 spiro atoms. The van der Waals surface area contributed by atoms with Crippen LogP contribution in [0.15, 0.2) is 18.2 Å². The zero-order valence-corrected chi connectivity index (χ0v) is 9.69. The smallest absolute Gasteiger partial charge is 0.231 e. The lowest BCUT2D eigenvalue weighted by Crippen LogP contribution is -2.23. The van der Waals surface area contributed by atoms with Gasteiger partial charge in [0.05, 0.1) is 6.54 Å². The Kier molecular flexibility index (Phi) is 2.66. The average molecular weight is 229 g/mol. The van der Waals surface area contributed by atoms with Crippen LogP contribution in [0.2, 0.25) is 0 Å². The normalized spacial score (nSPS) is 22.6. The average Bonchev–Trinajstić information content (AvgIpc) is 2.96. The Hall–Kier alpha value is -1.66. The van der Waals surface area contributed by atoms with E-state index in [1.165, 1.54) is 18.4 Å². The molecule has 3 rings (SSSR count). The van der Waals surface area contributed by atoms with Crippen LogP contribution in [0.25, 0.3) is 0 Å². The van der Waals surface area contributed by atoms with Crippen molar-refractivity contribution in [3.8, 4) is 23.8 Å². The molecule has 0 amide bonds. The molecule has 1 saturated heterocycles. The molecule has 1 fully saturated rings. The fourth-order valence-corrected chi connectivity index (χ4v) is 2.63. The van der Waals surface area contributed by atoms with E-state index in [1.54, 1.807) is 0 Å². The Morgan fingerprint density at radius 2 is 2.24 bits per heavy atom. The van der Waals surface area contributed by atoms with Gasteiger partial charge in [-0.05, 0) is 37.1 Å². The summed E-state index contributed by atoms with van der Waals surface area (Å²) in [7, 11) is 0. The molecule has 17 heavy (non-hydrogen) atoms. The maximum absolute atomic E-state index is 5.41. The fourth-order valence-electron chi connectivity index (χ4n) is 2.63. The number of terminal acetylenes is 1. The van der Waals surface area contributed by atoms with E-state index in [9.17, 15) is 0 Å². The number of ether oxygens (including phenoxy) is 2. The van der Waals surface area contributed by atoms with Crippen LogP contribution in [0.1, 0.15) is 24.4 Å². The number of hydrogen-bond donors (Lipinski definition) is 0. The number of hydrogen-bond acceptors (Lipinski definition) is 3. The maximum Gasteiger partial charge on any atom is 0.231 e. The number of benzene rings is 1. The van der Waals surface area contributed by atoms with Crippen molar-refractivity contribution >= 4 is 0 Å². The molecule has 88 valence electrons. The Balaban J connectivity index is 1.86. The molecular weight excluding hydrogens is 214 g/mol. The monoisotopic (exact) mass is 229 g/mol. The highest BCUT2D eigenvalue weighted by Crippen LogP contribution is 2.38. The lowest BCUT2D eigenvalue weighted by Gasteiger charge is -2.22. The standard InChI is InChI=1S/C14H15NO2/c1-2-7-15-8-3-4-12(15)11-5-6-13-14(9-11)17-10-16-13/h1,5-6,9,12H,3-4,7-8,10H2. The van der Waals surface area contributed by atoms with E-state index in [0.717, 1.165) is 24.6 Å². The summed E-state index contributed by atoms with van der Waals surface area (Å²) < 4.78 is 10.7. The highest BCUT2D eigenvalue weighted by molar-refractivity contribution is 5.45. The zero-order valence-electron chi connectivity index (χ0n) is 9.69. The van der Waals surface area contributed by atoms with E-state index >= 15 is 0 Å². The second-order valence-corrected chi connectivity index (χ2v) is 4.45. The molecule has 0 aromatic heterocycles. The van der Waals surface area contributed by atoms with Crippen LogP contribution in [0, 0.1) is 12.3 Å². The van der Waals surface area contributed by atoms with Crippen LogP contribution in [0.4, 0.5) is 0 Å². The van der Waals surface area contributed by atoms with Gasteiger partial charge in [-0.1, -0.05) is 12.0 Å². The van der Waals surface area contributed by atoms with Gasteiger partial charge in [0, 0.05) is 6.04 Å². The summed E-state index contributed by atoms with van der Waals surface area (Å²) in [6.07, 6.45) is 7.78. The van der Waals surface area contributed by atoms with Crippen LogP contribution in [0.5, 0.6) is 11.5 Å². The number of fused-ring (bicyclic) bond motifs is 1. The molecule has 1 atom stereocenters. The molecule has 2 aliphatic heterocycles. The predicted octanol–water partition coefficient (Wildman–Crippen LogP) is 2.19. The van der Waals surface area contributed by atoms with Crippen LogP contribution >= 0.6 is 0 Å². The summed E-state index contributed by atoms with van der Waals surface area (Å²) >= 11 is 0. The first kappa shape index (κ1) is 10.5. The van der Waals surface area contributed by atoms with Gasteiger partial charge < -0.3 is 9.47 Å². The van der Waals surface area contributed by atoms with Crippen molar-refractivity contribution in [1.82, 2.24) is 4.90 Å². The third-order valence-corrected chi connectivity index (χ3v) is 3.44. The Morgan fingerprint density at radius 3 is 3.12 bits per heavy atom. The Bertz CT molecular complexity index is 464. The summed E-state index contributed by atoms with van der Waals surface area (Å²) in [6, 6.07) is 6.62. The van der Waals surface area contributed by atoms with Crippen LogP contribution in [-0.2, 0) is 0 Å². The molecule has 3 heteroatoms. The minimum absolute atomic E-state index is 0.331. The van der Waals surface area contributed by atoms with E-state index < -0.39 is 0 Å². The van der Waals surface area contributed by atoms with Gasteiger partial charge in [0.25, 0.3) is 0 Å². The summed E-state index contributed by atoms with van der Waals surface area (Å²) in [5.41, 5.74) is 1.28. The SMILES string of the molecule is C#CCN1CCCC1c1ccc2c(c1)OCO2. The lowest BCUT2D eigenvalue weighted by atomic mass is 10.0. The molecule has 0 radical (unpaired) electrons. The number of rotatable bonds is 2. The van der Waals surface area contributed by atoms with Crippen LogP contribution in [0.3, 0.4) is 0 Å². The second kappa shape index (κ2) is 4.31. The maximum atomic E-state index is 5.41. The predicted molar refractivity (Wildman–Crippen MR) is 64.9 cm³/mol. The van der Waals surface area contributed by atoms with Crippen molar-refractivity contribution in [2.24, 2.45) is 0 Å². The highest BCUT2D eigenvalue weighted by atomic mass is 16.7. The molecular formula is C14H15NO2. The molecule has 0 saturated carbocycles. The van der Waals surface area contributed by atoms with Gasteiger partial charge in [0.2, 0.25) is 6.79 Å². The quantitative estimate of drug-likeness (QED) is 0.726. The topological polar surface area (TPSA) is 21.7 Å². The largest absolute Gasteiger partial charge is 0.454 e. The van der Waals surface area contributed by atoms with Gasteiger partial charge in [-0.3, -0.25) is 4.90 Å². The molecule has 1 aromatic rings. The molecule has 2 heterocycles. The number of likely N-dealkylation sites (tertiary alicyclic amines) is 1. The third kappa shape index (κ3) is 1.85. The van der Waals surface area contributed by atoms with Crippen molar-refractivity contribution in [3.05, 3.63) is 23.8 Å². The third-order valence-electron chi connectivity index (χ3n) is 3.44. The molecule has 0 bridgehead atoms. The van der Waals surface area contributed by atoms with E-state index in [4.69, 9.17) is 15.9 Å². The van der Waals surface area contributed by atoms with Crippen molar-refractivity contribution in [1.29, 1.82) is 0 Å². The summed E-state index contributed by atoms with van der Waals surface area (Å²) in [5.74, 6) is 4.43. The van der Waals surface area contributed by atoms with Crippen LogP contribution < -0.4 is 9.47 Å². The minimum atomic E-state index is 0.331. The molecule has 1 aromatic carbocycles. The highest BCUT2D eigenvalue weighted by Gasteiger charge is 2.26. The van der Waals surface area contributed by atoms with Gasteiger partial charge in [0.1, 0.15) is 0 Å². The second-order valence-electron chi connectivity index (χ2n) is 4.45. The summed E-state index contributed by atoms with van der Waals surface area (Å²) in [6.45, 7) is 2.14. The summed E-state index contributed by atoms with van der Waals surface area (Å²) in [4.78, 5) is 2.34. The summed E-state index contributed by atoms with van der Waals surface area (Å²) in [5, 5.41) is 0. The molecule has 2 aliphatic rings. The Morgan fingerprint density at radius 1 is 1.35 bits per heavy atom. The van der Waals surface area contributed by atoms with Crippen molar-refractivity contribution in [2.45, 2.75) is 18.9 Å². The van der Waals surface area contributed by atoms with E-state index in [-0.39, 0.29) is 0 Å². The molecule has 0 N–H and O–H groups in total. The van der Waals surface area contributed by atoms with Crippen molar-refractivity contribution in [3.63, 3.8) is 0 Å². The van der Waals surface area contributed by atoms with Gasteiger partial charge in [-0.25, -0.2) is 0 Å².